The largest absolute Gasteiger partial charge is 0.449 e. The standard InChI is InChI=1S/C31H31F4N5O6S/c1-4-6-11-28-37-40(26-17-22(36-19(3)41)14-15-24(26)31(33,34)35)30(43)39(28)18-21-13-12-20(16-25(21)32)23-9-7-8-10-27(23)47(44,45)38-29(42)46-5-2/h7-10,12-17H,4-6,11,18H2,1-3H3,(H,36,41)(H,38,42). The molecule has 0 saturated heterocycles. The molecule has 1 heterocycles. The molecule has 0 bridgehead atoms. The Balaban J connectivity index is 1.77. The van der Waals surface area contributed by atoms with E-state index in [4.69, 9.17) is 0 Å². The smallest absolute Gasteiger partial charge is 0.421 e. The first-order valence-electron chi connectivity index (χ1n) is 14.4. The Morgan fingerprint density at radius 3 is 2.38 bits per heavy atom. The van der Waals surface area contributed by atoms with Crippen LogP contribution in [0.2, 0.25) is 0 Å². The molecule has 0 saturated carbocycles. The van der Waals surface area contributed by atoms with Crippen LogP contribution in [0.3, 0.4) is 0 Å². The summed E-state index contributed by atoms with van der Waals surface area (Å²) in [5.74, 6) is -1.26. The minimum atomic E-state index is -4.87. The van der Waals surface area contributed by atoms with Crippen molar-refractivity contribution in [2.45, 2.75) is 57.7 Å². The van der Waals surface area contributed by atoms with Crippen LogP contribution in [-0.4, -0.2) is 41.4 Å². The highest BCUT2D eigenvalue weighted by atomic mass is 32.2. The summed E-state index contributed by atoms with van der Waals surface area (Å²) >= 11 is 0. The van der Waals surface area contributed by atoms with Gasteiger partial charge in [0.25, 0.3) is 10.0 Å². The summed E-state index contributed by atoms with van der Waals surface area (Å²) < 4.78 is 91.5. The molecule has 11 nitrogen and oxygen atoms in total. The SMILES string of the molecule is CCCCc1nn(-c2cc(NC(C)=O)ccc2C(F)(F)F)c(=O)n1Cc1ccc(-c2ccccc2S(=O)(=O)NC(=O)OCC)cc1F. The summed E-state index contributed by atoms with van der Waals surface area (Å²) in [6, 6.07) is 12.2. The summed E-state index contributed by atoms with van der Waals surface area (Å²) in [5, 5.41) is 6.59. The molecule has 1 aromatic heterocycles. The number of unbranched alkanes of at least 4 members (excludes halogenated alkanes) is 1. The van der Waals surface area contributed by atoms with E-state index in [2.05, 4.69) is 15.2 Å². The van der Waals surface area contributed by atoms with Crippen LogP contribution >= 0.6 is 0 Å². The Kier molecular flexibility index (Phi) is 10.5. The number of anilines is 1. The second kappa shape index (κ2) is 14.2. The van der Waals surface area contributed by atoms with Gasteiger partial charge >= 0.3 is 18.0 Å². The van der Waals surface area contributed by atoms with Crippen molar-refractivity contribution in [1.82, 2.24) is 19.1 Å². The lowest BCUT2D eigenvalue weighted by atomic mass is 10.0. The fraction of sp³-hybridized carbons (Fsp3) is 0.290. The molecule has 2 N–H and O–H groups in total. The number of aromatic nitrogens is 3. The lowest BCUT2D eigenvalue weighted by Gasteiger charge is -2.14. The molecule has 0 aliphatic carbocycles. The summed E-state index contributed by atoms with van der Waals surface area (Å²) in [5.41, 5.74) is -2.56. The minimum Gasteiger partial charge on any atom is -0.449 e. The fourth-order valence-corrected chi connectivity index (χ4v) is 5.90. The topological polar surface area (TPSA) is 141 Å². The summed E-state index contributed by atoms with van der Waals surface area (Å²) in [6.45, 7) is 4.09. The average molecular weight is 678 g/mol. The quantitative estimate of drug-likeness (QED) is 0.196. The van der Waals surface area contributed by atoms with Gasteiger partial charge in [0.05, 0.1) is 29.3 Å². The van der Waals surface area contributed by atoms with Crippen LogP contribution < -0.4 is 15.7 Å². The van der Waals surface area contributed by atoms with Gasteiger partial charge in [-0.2, -0.15) is 17.9 Å². The van der Waals surface area contributed by atoms with Crippen LogP contribution in [0.1, 0.15) is 50.6 Å². The van der Waals surface area contributed by atoms with Gasteiger partial charge in [-0.05, 0) is 49.2 Å². The third kappa shape index (κ3) is 8.06. The Hall–Kier alpha value is -4.99. The summed E-state index contributed by atoms with van der Waals surface area (Å²) in [6.07, 6.45) is -4.65. The highest BCUT2D eigenvalue weighted by Crippen LogP contribution is 2.35. The van der Waals surface area contributed by atoms with Crippen LogP contribution in [0, 0.1) is 5.82 Å². The van der Waals surface area contributed by atoms with Gasteiger partial charge in [0.15, 0.2) is 0 Å². The van der Waals surface area contributed by atoms with Crippen molar-refractivity contribution < 1.29 is 40.3 Å². The second-order valence-corrected chi connectivity index (χ2v) is 12.0. The van der Waals surface area contributed by atoms with E-state index in [1.54, 1.807) is 4.72 Å². The van der Waals surface area contributed by atoms with Crippen LogP contribution in [-0.2, 0) is 38.7 Å². The number of hydrogen-bond acceptors (Lipinski definition) is 7. The number of alkyl halides is 3. The Bertz CT molecular complexity index is 1970. The normalized spacial score (nSPS) is 11.7. The van der Waals surface area contributed by atoms with E-state index in [9.17, 15) is 36.0 Å². The van der Waals surface area contributed by atoms with Crippen molar-refractivity contribution in [3.05, 3.63) is 93.9 Å². The number of ether oxygens (including phenoxy) is 1. The molecule has 0 aliphatic rings. The van der Waals surface area contributed by atoms with Gasteiger partial charge in [-0.15, -0.1) is 5.10 Å². The van der Waals surface area contributed by atoms with Gasteiger partial charge in [-0.3, -0.25) is 9.36 Å². The fourth-order valence-electron chi connectivity index (χ4n) is 4.78. The Morgan fingerprint density at radius 2 is 1.74 bits per heavy atom. The number of rotatable bonds is 11. The number of carbonyl (C=O) groups excluding carboxylic acids is 2. The van der Waals surface area contributed by atoms with Crippen molar-refractivity contribution in [2.75, 3.05) is 11.9 Å². The monoisotopic (exact) mass is 677 g/mol. The maximum Gasteiger partial charge on any atom is 0.421 e. The number of hydrogen-bond donors (Lipinski definition) is 2. The zero-order chi connectivity index (χ0) is 34.5. The van der Waals surface area contributed by atoms with E-state index >= 15 is 4.39 Å². The highest BCUT2D eigenvalue weighted by molar-refractivity contribution is 7.90. The van der Waals surface area contributed by atoms with Crippen molar-refractivity contribution in [3.8, 4) is 16.8 Å². The van der Waals surface area contributed by atoms with E-state index in [1.807, 2.05) is 6.92 Å². The summed E-state index contributed by atoms with van der Waals surface area (Å²) in [4.78, 5) is 36.7. The predicted octanol–water partition coefficient (Wildman–Crippen LogP) is 5.64. The molecular weight excluding hydrogens is 646 g/mol. The van der Waals surface area contributed by atoms with Crippen LogP contribution in [0.25, 0.3) is 16.8 Å². The van der Waals surface area contributed by atoms with E-state index in [1.165, 1.54) is 50.2 Å². The molecule has 0 spiro atoms. The molecule has 250 valence electrons. The third-order valence-electron chi connectivity index (χ3n) is 6.91. The van der Waals surface area contributed by atoms with Crippen molar-refractivity contribution in [1.29, 1.82) is 0 Å². The molecule has 2 amide bonds. The zero-order valence-corrected chi connectivity index (χ0v) is 26.3. The molecule has 0 unspecified atom stereocenters. The lowest BCUT2D eigenvalue weighted by molar-refractivity contribution is -0.137. The van der Waals surface area contributed by atoms with Gasteiger partial charge < -0.3 is 10.1 Å². The maximum absolute atomic E-state index is 15.6. The van der Waals surface area contributed by atoms with Crippen LogP contribution in [0.5, 0.6) is 0 Å². The van der Waals surface area contributed by atoms with Gasteiger partial charge in [0, 0.05) is 30.2 Å². The summed E-state index contributed by atoms with van der Waals surface area (Å²) in [7, 11) is -4.41. The minimum absolute atomic E-state index is 0.0124. The second-order valence-electron chi connectivity index (χ2n) is 10.3. The lowest BCUT2D eigenvalue weighted by Crippen LogP contribution is -2.31. The molecule has 0 atom stereocenters. The number of amides is 2. The van der Waals surface area contributed by atoms with Crippen molar-refractivity contribution >= 4 is 27.7 Å². The number of aryl methyl sites for hydroxylation is 1. The van der Waals surface area contributed by atoms with Gasteiger partial charge in [0.2, 0.25) is 5.91 Å². The number of nitrogens with zero attached hydrogens (tertiary/aromatic N) is 3. The van der Waals surface area contributed by atoms with E-state index < -0.39 is 57.5 Å². The molecule has 0 radical (unpaired) electrons. The first kappa shape index (κ1) is 34.9. The van der Waals surface area contributed by atoms with E-state index in [0.29, 0.717) is 17.5 Å². The number of nitrogens with one attached hydrogen (secondary N) is 2. The molecule has 16 heteroatoms. The predicted molar refractivity (Wildman–Crippen MR) is 164 cm³/mol. The zero-order valence-electron chi connectivity index (χ0n) is 25.5. The molecular formula is C31H31F4N5O6S. The van der Waals surface area contributed by atoms with Crippen LogP contribution in [0.4, 0.5) is 28.0 Å². The number of sulfonamides is 1. The first-order valence-corrected chi connectivity index (χ1v) is 15.9. The molecule has 0 fully saturated rings. The molecule has 4 aromatic rings. The Morgan fingerprint density at radius 1 is 1.02 bits per heavy atom. The highest BCUT2D eigenvalue weighted by Gasteiger charge is 2.35. The third-order valence-corrected chi connectivity index (χ3v) is 8.28. The van der Waals surface area contributed by atoms with Gasteiger partial charge in [-0.25, -0.2) is 27.1 Å². The molecule has 47 heavy (non-hydrogen) atoms. The van der Waals surface area contributed by atoms with E-state index in [0.717, 1.165) is 28.8 Å². The molecule has 4 rings (SSSR count). The number of carbonyl (C=O) groups is 2. The molecule has 0 aliphatic heterocycles. The molecule has 3 aromatic carbocycles. The van der Waals surface area contributed by atoms with Gasteiger partial charge in [-0.1, -0.05) is 43.7 Å². The van der Waals surface area contributed by atoms with E-state index in [-0.39, 0.29) is 46.1 Å². The van der Waals surface area contributed by atoms with Crippen molar-refractivity contribution in [3.63, 3.8) is 0 Å². The number of benzene rings is 3. The maximum atomic E-state index is 15.6. The van der Waals surface area contributed by atoms with Crippen LogP contribution in [0.15, 0.2) is 70.4 Å². The Labute approximate surface area is 267 Å². The average Bonchev–Trinajstić information content (AvgIpc) is 3.30. The van der Waals surface area contributed by atoms with Gasteiger partial charge in [0.1, 0.15) is 11.6 Å². The van der Waals surface area contributed by atoms with Crippen molar-refractivity contribution in [2.24, 2.45) is 0 Å². The number of halogens is 4. The first-order chi connectivity index (χ1) is 22.2.